The van der Waals surface area contributed by atoms with Crippen LogP contribution in [-0.4, -0.2) is 26.1 Å². The molecule has 1 aromatic carbocycles. The van der Waals surface area contributed by atoms with Crippen molar-refractivity contribution < 1.29 is 9.53 Å². The highest BCUT2D eigenvalue weighted by molar-refractivity contribution is 9.10. The van der Waals surface area contributed by atoms with E-state index < -0.39 is 0 Å². The minimum Gasteiger partial charge on any atom is -0.495 e. The number of halogens is 1. The summed E-state index contributed by atoms with van der Waals surface area (Å²) in [6, 6.07) is 5.53. The van der Waals surface area contributed by atoms with E-state index in [0.717, 1.165) is 10.2 Å². The summed E-state index contributed by atoms with van der Waals surface area (Å²) in [5.74, 6) is 0.718. The van der Waals surface area contributed by atoms with Crippen LogP contribution in [0.1, 0.15) is 6.42 Å². The van der Waals surface area contributed by atoms with Crippen LogP contribution < -0.4 is 9.64 Å². The summed E-state index contributed by atoms with van der Waals surface area (Å²) in [5.41, 5.74) is 9.07. The van der Waals surface area contributed by atoms with Crippen LogP contribution in [0.3, 0.4) is 0 Å². The van der Waals surface area contributed by atoms with Gasteiger partial charge in [0.1, 0.15) is 11.4 Å². The minimum atomic E-state index is 0.0170. The second-order valence-corrected chi connectivity index (χ2v) is 5.13. The molecule has 1 saturated heterocycles. The molecular formula is C12H13BrN4O2. The topological polar surface area (TPSA) is 78.3 Å². The number of carbonyl (C=O) groups excluding carboxylic acids is 1. The predicted octanol–water partition coefficient (Wildman–Crippen LogP) is 3.12. The summed E-state index contributed by atoms with van der Waals surface area (Å²) in [6.45, 7) is 0.877. The third-order valence-corrected chi connectivity index (χ3v) is 3.69. The van der Waals surface area contributed by atoms with Gasteiger partial charge in [-0.1, -0.05) is 11.2 Å². The van der Waals surface area contributed by atoms with Gasteiger partial charge in [-0.15, -0.1) is 0 Å². The molecule has 1 atom stereocenters. The van der Waals surface area contributed by atoms with Gasteiger partial charge in [0, 0.05) is 28.9 Å². The average Bonchev–Trinajstić information content (AvgIpc) is 2.77. The molecular weight excluding hydrogens is 312 g/mol. The second kappa shape index (κ2) is 5.95. The van der Waals surface area contributed by atoms with Crippen molar-refractivity contribution in [3.05, 3.63) is 33.1 Å². The molecule has 1 fully saturated rings. The molecule has 0 saturated carbocycles. The van der Waals surface area contributed by atoms with E-state index >= 15 is 0 Å². The Labute approximate surface area is 119 Å². The maximum Gasteiger partial charge on any atom is 0.227 e. The molecule has 0 N–H and O–H groups in total. The third kappa shape index (κ3) is 2.83. The SMILES string of the molecule is COc1cccc(Br)c1N1CC(CN=[N+]=[N-])CC1=O. The molecule has 0 spiro atoms. The van der Waals surface area contributed by atoms with Gasteiger partial charge in [0.15, 0.2) is 0 Å². The summed E-state index contributed by atoms with van der Waals surface area (Å²) < 4.78 is 6.11. The normalized spacial score (nSPS) is 18.3. The quantitative estimate of drug-likeness (QED) is 0.484. The lowest BCUT2D eigenvalue weighted by atomic mass is 10.1. The number of benzene rings is 1. The fraction of sp³-hybridized carbons (Fsp3) is 0.417. The zero-order valence-electron chi connectivity index (χ0n) is 10.4. The van der Waals surface area contributed by atoms with E-state index in [0.29, 0.717) is 25.3 Å². The van der Waals surface area contributed by atoms with E-state index in [9.17, 15) is 4.79 Å². The summed E-state index contributed by atoms with van der Waals surface area (Å²) in [4.78, 5) is 16.5. The highest BCUT2D eigenvalue weighted by atomic mass is 79.9. The van der Waals surface area contributed by atoms with Crippen molar-refractivity contribution in [2.24, 2.45) is 11.0 Å². The molecule has 6 nitrogen and oxygen atoms in total. The van der Waals surface area contributed by atoms with Crippen LogP contribution in [0.4, 0.5) is 5.69 Å². The molecule has 100 valence electrons. The number of azide groups is 1. The predicted molar refractivity (Wildman–Crippen MR) is 75.2 cm³/mol. The van der Waals surface area contributed by atoms with Crippen molar-refractivity contribution in [2.75, 3.05) is 25.1 Å². The number of methoxy groups -OCH3 is 1. The van der Waals surface area contributed by atoms with Crippen LogP contribution in [0.5, 0.6) is 5.75 Å². The number of rotatable bonds is 4. The number of nitrogens with zero attached hydrogens (tertiary/aromatic N) is 4. The molecule has 7 heteroatoms. The van der Waals surface area contributed by atoms with Gasteiger partial charge in [0.2, 0.25) is 5.91 Å². The Kier molecular flexibility index (Phi) is 4.29. The molecule has 0 radical (unpaired) electrons. The van der Waals surface area contributed by atoms with Gasteiger partial charge in [-0.05, 0) is 39.5 Å². The summed E-state index contributed by atoms with van der Waals surface area (Å²) in [7, 11) is 1.57. The van der Waals surface area contributed by atoms with Gasteiger partial charge < -0.3 is 9.64 Å². The summed E-state index contributed by atoms with van der Waals surface area (Å²) in [6.07, 6.45) is 0.392. The Bertz CT molecular complexity index is 543. The van der Waals surface area contributed by atoms with Crippen LogP contribution in [0, 0.1) is 5.92 Å². The molecule has 2 rings (SSSR count). The standard InChI is InChI=1S/C12H13BrN4O2/c1-19-10-4-2-3-9(13)12(10)17-7-8(5-11(17)18)6-15-16-14/h2-4,8H,5-7H2,1H3. The van der Waals surface area contributed by atoms with E-state index in [1.165, 1.54) is 0 Å². The van der Waals surface area contributed by atoms with Gasteiger partial charge in [0.25, 0.3) is 0 Å². The van der Waals surface area contributed by atoms with E-state index in [-0.39, 0.29) is 11.8 Å². The molecule has 19 heavy (non-hydrogen) atoms. The summed E-state index contributed by atoms with van der Waals surface area (Å²) in [5, 5.41) is 3.54. The van der Waals surface area contributed by atoms with Gasteiger partial charge >= 0.3 is 0 Å². The first kappa shape index (κ1) is 13.7. The van der Waals surface area contributed by atoms with Crippen LogP contribution in [0.2, 0.25) is 0 Å². The van der Waals surface area contributed by atoms with Crippen LogP contribution >= 0.6 is 15.9 Å². The third-order valence-electron chi connectivity index (χ3n) is 3.05. The number of anilines is 1. The molecule has 0 aromatic heterocycles. The smallest absolute Gasteiger partial charge is 0.227 e. The first-order chi connectivity index (χ1) is 9.17. The highest BCUT2D eigenvalue weighted by Gasteiger charge is 2.32. The van der Waals surface area contributed by atoms with E-state index in [1.54, 1.807) is 12.0 Å². The number of amides is 1. The number of ether oxygens (including phenoxy) is 1. The molecule has 1 aromatic rings. The second-order valence-electron chi connectivity index (χ2n) is 4.28. The van der Waals surface area contributed by atoms with Gasteiger partial charge in [-0.25, -0.2) is 0 Å². The zero-order chi connectivity index (χ0) is 13.8. The summed E-state index contributed by atoms with van der Waals surface area (Å²) >= 11 is 3.44. The van der Waals surface area contributed by atoms with Crippen molar-refractivity contribution >= 4 is 27.5 Å². The Morgan fingerprint density at radius 2 is 2.42 bits per heavy atom. The van der Waals surface area contributed by atoms with E-state index in [2.05, 4.69) is 26.0 Å². The van der Waals surface area contributed by atoms with E-state index in [4.69, 9.17) is 10.3 Å². The number of hydrogen-bond donors (Lipinski definition) is 0. The number of hydrogen-bond acceptors (Lipinski definition) is 3. The van der Waals surface area contributed by atoms with Gasteiger partial charge in [-0.2, -0.15) is 0 Å². The lowest BCUT2D eigenvalue weighted by Gasteiger charge is -2.20. The lowest BCUT2D eigenvalue weighted by molar-refractivity contribution is -0.117. The number of para-hydroxylation sites is 1. The van der Waals surface area contributed by atoms with Crippen molar-refractivity contribution in [3.8, 4) is 5.75 Å². The molecule has 1 aliphatic heterocycles. The Hall–Kier alpha value is -1.72. The Morgan fingerprint density at radius 3 is 3.11 bits per heavy atom. The van der Waals surface area contributed by atoms with Gasteiger partial charge in [0.05, 0.1) is 7.11 Å². The average molecular weight is 325 g/mol. The lowest BCUT2D eigenvalue weighted by Crippen LogP contribution is -2.25. The fourth-order valence-corrected chi connectivity index (χ4v) is 2.76. The van der Waals surface area contributed by atoms with Crippen molar-refractivity contribution in [1.29, 1.82) is 0 Å². The van der Waals surface area contributed by atoms with Gasteiger partial charge in [-0.3, -0.25) is 4.79 Å². The first-order valence-electron chi connectivity index (χ1n) is 5.81. The molecule has 0 bridgehead atoms. The van der Waals surface area contributed by atoms with Crippen molar-refractivity contribution in [2.45, 2.75) is 6.42 Å². The first-order valence-corrected chi connectivity index (χ1v) is 6.60. The Morgan fingerprint density at radius 1 is 1.63 bits per heavy atom. The molecule has 1 heterocycles. The monoisotopic (exact) mass is 324 g/mol. The Balaban J connectivity index is 2.27. The highest BCUT2D eigenvalue weighted by Crippen LogP contribution is 2.38. The maximum atomic E-state index is 12.1. The molecule has 1 unspecified atom stereocenters. The van der Waals surface area contributed by atoms with E-state index in [1.807, 2.05) is 18.2 Å². The molecule has 0 aliphatic carbocycles. The molecule has 1 aliphatic rings. The number of carbonyl (C=O) groups is 1. The van der Waals surface area contributed by atoms with Crippen molar-refractivity contribution in [3.63, 3.8) is 0 Å². The van der Waals surface area contributed by atoms with Crippen molar-refractivity contribution in [1.82, 2.24) is 0 Å². The van der Waals surface area contributed by atoms with Crippen LogP contribution in [0.25, 0.3) is 10.4 Å². The largest absolute Gasteiger partial charge is 0.495 e. The fourth-order valence-electron chi connectivity index (χ4n) is 2.19. The maximum absolute atomic E-state index is 12.1. The zero-order valence-corrected chi connectivity index (χ0v) is 12.0. The molecule has 1 amide bonds. The minimum absolute atomic E-state index is 0.0170. The van der Waals surface area contributed by atoms with Crippen LogP contribution in [-0.2, 0) is 4.79 Å². The van der Waals surface area contributed by atoms with Crippen LogP contribution in [0.15, 0.2) is 27.8 Å².